The number of nitrogens with zero attached hydrogens (tertiary/aromatic N) is 1. The molecule has 0 aromatic carbocycles. The summed E-state index contributed by atoms with van der Waals surface area (Å²) in [6, 6.07) is 0. The molecule has 1 aliphatic rings. The largest absolute Gasteiger partial charge is 0.481 e. The summed E-state index contributed by atoms with van der Waals surface area (Å²) in [6.45, 7) is 1.90. The Balaban J connectivity index is 2.64. The van der Waals surface area contributed by atoms with E-state index in [1.165, 1.54) is 0 Å². The Morgan fingerprint density at radius 1 is 1.64 bits per heavy atom. The number of rotatable bonds is 2. The average Bonchev–Trinajstić information content (AvgIpc) is 2.47. The van der Waals surface area contributed by atoms with Crippen molar-refractivity contribution >= 4 is 18.0 Å². The molecule has 6 nitrogen and oxygen atoms in total. The number of hydrogen-bond donors (Lipinski definition) is 1. The zero-order chi connectivity index (χ0) is 10.7. The van der Waals surface area contributed by atoms with Gasteiger partial charge < -0.3 is 9.84 Å². The number of amides is 2. The number of hydrogen-bond acceptors (Lipinski definition) is 4. The molecule has 1 heterocycles. The topological polar surface area (TPSA) is 83.9 Å². The minimum Gasteiger partial charge on any atom is -0.481 e. The van der Waals surface area contributed by atoms with Gasteiger partial charge >= 0.3 is 12.1 Å². The molecule has 2 amide bonds. The van der Waals surface area contributed by atoms with E-state index in [-0.39, 0.29) is 19.6 Å². The van der Waals surface area contributed by atoms with Crippen molar-refractivity contribution in [1.82, 2.24) is 4.90 Å². The van der Waals surface area contributed by atoms with Crippen molar-refractivity contribution in [1.29, 1.82) is 0 Å². The number of carboxylic acid groups (broad SMARTS) is 1. The summed E-state index contributed by atoms with van der Waals surface area (Å²) in [4.78, 5) is 33.8. The lowest BCUT2D eigenvalue weighted by Crippen LogP contribution is -2.35. The van der Waals surface area contributed by atoms with E-state index >= 15 is 0 Å². The standard InChI is InChI=1S/C8H11NO5/c1-2-14-8(13)9-4-3-5(6(9)10)7(11)12/h5H,2-4H2,1H3,(H,11,12). The molecule has 0 aromatic rings. The van der Waals surface area contributed by atoms with Crippen LogP contribution < -0.4 is 0 Å². The fraction of sp³-hybridized carbons (Fsp3) is 0.625. The van der Waals surface area contributed by atoms with Crippen molar-refractivity contribution in [2.45, 2.75) is 13.3 Å². The molecule has 1 N–H and O–H groups in total. The van der Waals surface area contributed by atoms with Gasteiger partial charge in [-0.3, -0.25) is 9.59 Å². The maximum Gasteiger partial charge on any atom is 0.416 e. The zero-order valence-electron chi connectivity index (χ0n) is 7.73. The van der Waals surface area contributed by atoms with Gasteiger partial charge in [0.25, 0.3) is 0 Å². The first-order chi connectivity index (χ1) is 6.57. The van der Waals surface area contributed by atoms with Crippen LogP contribution in [0.4, 0.5) is 4.79 Å². The highest BCUT2D eigenvalue weighted by Crippen LogP contribution is 2.18. The molecule has 14 heavy (non-hydrogen) atoms. The van der Waals surface area contributed by atoms with Gasteiger partial charge in [-0.05, 0) is 13.3 Å². The number of carbonyl (C=O) groups is 3. The monoisotopic (exact) mass is 201 g/mol. The van der Waals surface area contributed by atoms with Gasteiger partial charge in [0.05, 0.1) is 6.61 Å². The van der Waals surface area contributed by atoms with Gasteiger partial charge in [-0.2, -0.15) is 0 Å². The van der Waals surface area contributed by atoms with Crippen LogP contribution in [-0.4, -0.2) is 41.1 Å². The second-order valence-electron chi connectivity index (χ2n) is 2.87. The molecule has 1 saturated heterocycles. The summed E-state index contributed by atoms with van der Waals surface area (Å²) < 4.78 is 4.60. The number of likely N-dealkylation sites (tertiary alicyclic amines) is 1. The SMILES string of the molecule is CCOC(=O)N1CCC(C(=O)O)C1=O. The van der Waals surface area contributed by atoms with Gasteiger partial charge in [0, 0.05) is 6.54 Å². The maximum absolute atomic E-state index is 11.3. The van der Waals surface area contributed by atoms with Crippen molar-refractivity contribution in [2.75, 3.05) is 13.2 Å². The third kappa shape index (κ3) is 1.84. The van der Waals surface area contributed by atoms with Gasteiger partial charge in [-0.25, -0.2) is 9.69 Å². The predicted octanol–water partition coefficient (Wildman–Crippen LogP) is 0.0760. The Morgan fingerprint density at radius 3 is 2.71 bits per heavy atom. The van der Waals surface area contributed by atoms with Crippen LogP contribution in [0.25, 0.3) is 0 Å². The Kier molecular flexibility index (Phi) is 3.06. The lowest BCUT2D eigenvalue weighted by Gasteiger charge is -2.12. The first-order valence-electron chi connectivity index (χ1n) is 4.28. The normalized spacial score (nSPS) is 21.1. The van der Waals surface area contributed by atoms with E-state index < -0.39 is 23.9 Å². The highest BCUT2D eigenvalue weighted by molar-refractivity contribution is 6.04. The molecule has 0 spiro atoms. The zero-order valence-corrected chi connectivity index (χ0v) is 7.73. The average molecular weight is 201 g/mol. The quantitative estimate of drug-likeness (QED) is 0.639. The van der Waals surface area contributed by atoms with E-state index in [0.717, 1.165) is 4.90 Å². The first-order valence-corrected chi connectivity index (χ1v) is 4.28. The van der Waals surface area contributed by atoms with Gasteiger partial charge in [0.1, 0.15) is 5.92 Å². The Morgan fingerprint density at radius 2 is 2.29 bits per heavy atom. The molecule has 1 aliphatic heterocycles. The second-order valence-corrected chi connectivity index (χ2v) is 2.87. The Labute approximate surface area is 80.4 Å². The van der Waals surface area contributed by atoms with E-state index in [1.807, 2.05) is 0 Å². The summed E-state index contributed by atoms with van der Waals surface area (Å²) in [6.07, 6.45) is -0.603. The van der Waals surface area contributed by atoms with E-state index in [4.69, 9.17) is 5.11 Å². The number of imide groups is 1. The van der Waals surface area contributed by atoms with Crippen LogP contribution in [0.1, 0.15) is 13.3 Å². The fourth-order valence-electron chi connectivity index (χ4n) is 1.29. The molecule has 0 aromatic heterocycles. The van der Waals surface area contributed by atoms with Crippen LogP contribution in [0.3, 0.4) is 0 Å². The van der Waals surface area contributed by atoms with Crippen LogP contribution in [-0.2, 0) is 14.3 Å². The summed E-state index contributed by atoms with van der Waals surface area (Å²) in [5, 5.41) is 8.61. The smallest absolute Gasteiger partial charge is 0.416 e. The second kappa shape index (κ2) is 4.08. The molecule has 1 atom stereocenters. The number of carbonyl (C=O) groups excluding carboxylic acids is 2. The van der Waals surface area contributed by atoms with Crippen LogP contribution in [0.15, 0.2) is 0 Å². The van der Waals surface area contributed by atoms with Crippen molar-refractivity contribution in [3.63, 3.8) is 0 Å². The third-order valence-corrected chi connectivity index (χ3v) is 1.99. The van der Waals surface area contributed by atoms with Gasteiger partial charge in [-0.1, -0.05) is 0 Å². The van der Waals surface area contributed by atoms with Gasteiger partial charge in [0.15, 0.2) is 0 Å². The molecule has 6 heteroatoms. The molecular weight excluding hydrogens is 190 g/mol. The number of ether oxygens (including phenoxy) is 1. The van der Waals surface area contributed by atoms with Crippen LogP contribution in [0.2, 0.25) is 0 Å². The van der Waals surface area contributed by atoms with E-state index in [9.17, 15) is 14.4 Å². The Bertz CT molecular complexity index is 275. The van der Waals surface area contributed by atoms with E-state index in [0.29, 0.717) is 0 Å². The molecule has 1 rings (SSSR count). The molecule has 1 fully saturated rings. The maximum atomic E-state index is 11.3. The molecule has 1 unspecified atom stereocenters. The van der Waals surface area contributed by atoms with E-state index in [1.54, 1.807) is 6.92 Å². The molecule has 0 radical (unpaired) electrons. The van der Waals surface area contributed by atoms with Crippen molar-refractivity contribution in [3.8, 4) is 0 Å². The van der Waals surface area contributed by atoms with Crippen LogP contribution >= 0.6 is 0 Å². The molecule has 0 bridgehead atoms. The molecular formula is C8H11NO5. The van der Waals surface area contributed by atoms with Crippen LogP contribution in [0, 0.1) is 5.92 Å². The lowest BCUT2D eigenvalue weighted by molar-refractivity contribution is -0.147. The predicted molar refractivity (Wildman–Crippen MR) is 44.5 cm³/mol. The first kappa shape index (κ1) is 10.5. The van der Waals surface area contributed by atoms with Crippen molar-refractivity contribution < 1.29 is 24.2 Å². The highest BCUT2D eigenvalue weighted by atomic mass is 16.6. The Hall–Kier alpha value is -1.59. The molecule has 0 saturated carbocycles. The highest BCUT2D eigenvalue weighted by Gasteiger charge is 2.40. The molecule has 0 aliphatic carbocycles. The van der Waals surface area contributed by atoms with Crippen molar-refractivity contribution in [3.05, 3.63) is 0 Å². The van der Waals surface area contributed by atoms with Gasteiger partial charge in [-0.15, -0.1) is 0 Å². The summed E-state index contributed by atoms with van der Waals surface area (Å²) >= 11 is 0. The van der Waals surface area contributed by atoms with Crippen molar-refractivity contribution in [2.24, 2.45) is 5.92 Å². The number of carboxylic acids is 1. The minimum absolute atomic E-state index is 0.120. The summed E-state index contributed by atoms with van der Waals surface area (Å²) in [5.41, 5.74) is 0. The number of aliphatic carboxylic acids is 1. The summed E-state index contributed by atoms with van der Waals surface area (Å²) in [7, 11) is 0. The van der Waals surface area contributed by atoms with E-state index in [2.05, 4.69) is 4.74 Å². The lowest BCUT2D eigenvalue weighted by atomic mass is 10.1. The fourth-order valence-corrected chi connectivity index (χ4v) is 1.29. The summed E-state index contributed by atoms with van der Waals surface area (Å²) in [5.74, 6) is -2.97. The van der Waals surface area contributed by atoms with Crippen LogP contribution in [0.5, 0.6) is 0 Å². The third-order valence-electron chi connectivity index (χ3n) is 1.99. The van der Waals surface area contributed by atoms with Gasteiger partial charge in [0.2, 0.25) is 5.91 Å². The molecule has 78 valence electrons. The minimum atomic E-state index is -1.19.